The number of rotatable bonds is 4. The fourth-order valence-electron chi connectivity index (χ4n) is 3.91. The van der Waals surface area contributed by atoms with Gasteiger partial charge in [0.15, 0.2) is 5.76 Å². The molecular formula is C19H21FN2O3. The summed E-state index contributed by atoms with van der Waals surface area (Å²) in [7, 11) is 0. The second-order valence-electron chi connectivity index (χ2n) is 6.79. The molecule has 0 aliphatic carbocycles. The Kier molecular flexibility index (Phi) is 4.21. The molecule has 3 fully saturated rings. The SMILES string of the molecule is C[C@H]1[C@H](NC(=O)c2ccc(Oc3cccc(F)c3)o2)C2CCN1CC2. The number of hydrogen-bond acceptors (Lipinski definition) is 4. The maximum Gasteiger partial charge on any atom is 0.290 e. The summed E-state index contributed by atoms with van der Waals surface area (Å²) in [5, 5.41) is 3.11. The molecule has 6 heteroatoms. The van der Waals surface area contributed by atoms with Crippen LogP contribution in [-0.4, -0.2) is 36.0 Å². The number of hydrogen-bond donors (Lipinski definition) is 1. The maximum atomic E-state index is 13.2. The normalized spacial score (nSPS) is 27.9. The van der Waals surface area contributed by atoms with Gasteiger partial charge in [-0.05, 0) is 57.0 Å². The van der Waals surface area contributed by atoms with Crippen molar-refractivity contribution in [2.24, 2.45) is 5.92 Å². The van der Waals surface area contributed by atoms with Crippen LogP contribution in [0.25, 0.3) is 0 Å². The standard InChI is InChI=1S/C19H21FN2O3/c1-12-18(13-7-9-22(12)10-8-13)21-19(23)16-5-6-17(25-16)24-15-4-2-3-14(20)11-15/h2-6,11-13,18H,7-10H2,1H3,(H,21,23)/t12-,18-/m0/s1. The Morgan fingerprint density at radius 2 is 2.08 bits per heavy atom. The third-order valence-corrected chi connectivity index (χ3v) is 5.30. The van der Waals surface area contributed by atoms with E-state index in [4.69, 9.17) is 9.15 Å². The zero-order valence-corrected chi connectivity index (χ0v) is 14.1. The van der Waals surface area contributed by atoms with Gasteiger partial charge in [-0.25, -0.2) is 4.39 Å². The van der Waals surface area contributed by atoms with E-state index in [2.05, 4.69) is 17.1 Å². The molecule has 3 aliphatic heterocycles. The summed E-state index contributed by atoms with van der Waals surface area (Å²) < 4.78 is 24.1. The second-order valence-corrected chi connectivity index (χ2v) is 6.79. The number of fused-ring (bicyclic) bond motifs is 3. The van der Waals surface area contributed by atoms with E-state index >= 15 is 0 Å². The highest BCUT2D eigenvalue weighted by molar-refractivity contribution is 5.91. The van der Waals surface area contributed by atoms with Crippen molar-refractivity contribution < 1.29 is 18.3 Å². The Labute approximate surface area is 145 Å². The Bertz CT molecular complexity index is 766. The van der Waals surface area contributed by atoms with Crippen molar-refractivity contribution in [3.8, 4) is 11.7 Å². The summed E-state index contributed by atoms with van der Waals surface area (Å²) in [6.07, 6.45) is 2.25. The number of nitrogens with one attached hydrogen (secondary N) is 1. The van der Waals surface area contributed by atoms with Gasteiger partial charge in [0, 0.05) is 24.2 Å². The molecule has 1 amide bonds. The van der Waals surface area contributed by atoms with E-state index in [1.54, 1.807) is 24.3 Å². The summed E-state index contributed by atoms with van der Waals surface area (Å²) in [6, 6.07) is 9.41. The largest absolute Gasteiger partial charge is 0.426 e. The number of ether oxygens (including phenoxy) is 1. The van der Waals surface area contributed by atoms with Gasteiger partial charge in [0.2, 0.25) is 0 Å². The molecule has 25 heavy (non-hydrogen) atoms. The molecule has 1 N–H and O–H groups in total. The minimum atomic E-state index is -0.390. The Hall–Kier alpha value is -2.34. The quantitative estimate of drug-likeness (QED) is 0.923. The predicted molar refractivity (Wildman–Crippen MR) is 90.2 cm³/mol. The smallest absolute Gasteiger partial charge is 0.290 e. The zero-order valence-electron chi connectivity index (χ0n) is 14.1. The van der Waals surface area contributed by atoms with Crippen LogP contribution in [0.15, 0.2) is 40.8 Å². The highest BCUT2D eigenvalue weighted by Gasteiger charge is 2.40. The lowest BCUT2D eigenvalue weighted by molar-refractivity contribution is 0.0210. The highest BCUT2D eigenvalue weighted by Crippen LogP contribution is 2.32. The van der Waals surface area contributed by atoms with Crippen LogP contribution in [0.3, 0.4) is 0 Å². The van der Waals surface area contributed by atoms with Crippen LogP contribution < -0.4 is 10.1 Å². The van der Waals surface area contributed by atoms with Gasteiger partial charge in [0.05, 0.1) is 0 Å². The summed E-state index contributed by atoms with van der Waals surface area (Å²) in [5.74, 6) is 0.597. The summed E-state index contributed by atoms with van der Waals surface area (Å²) in [5.41, 5.74) is 0. The molecule has 2 bridgehead atoms. The first kappa shape index (κ1) is 16.1. The monoisotopic (exact) mass is 344 g/mol. The lowest BCUT2D eigenvalue weighted by Crippen LogP contribution is -2.62. The van der Waals surface area contributed by atoms with Crippen molar-refractivity contribution in [2.75, 3.05) is 13.1 Å². The van der Waals surface area contributed by atoms with E-state index in [1.807, 2.05) is 0 Å². The highest BCUT2D eigenvalue weighted by atomic mass is 19.1. The molecule has 5 rings (SSSR count). The number of halogens is 1. The lowest BCUT2D eigenvalue weighted by Gasteiger charge is -2.49. The van der Waals surface area contributed by atoms with Gasteiger partial charge >= 0.3 is 0 Å². The number of carbonyl (C=O) groups is 1. The minimum Gasteiger partial charge on any atom is -0.426 e. The number of furan rings is 1. The first-order chi connectivity index (χ1) is 12.1. The van der Waals surface area contributed by atoms with E-state index < -0.39 is 5.82 Å². The molecule has 3 saturated heterocycles. The fourth-order valence-corrected chi connectivity index (χ4v) is 3.91. The molecular weight excluding hydrogens is 323 g/mol. The van der Waals surface area contributed by atoms with E-state index in [-0.39, 0.29) is 23.7 Å². The maximum absolute atomic E-state index is 13.2. The van der Waals surface area contributed by atoms with Crippen LogP contribution >= 0.6 is 0 Å². The average molecular weight is 344 g/mol. The fraction of sp³-hybridized carbons (Fsp3) is 0.421. The van der Waals surface area contributed by atoms with E-state index in [9.17, 15) is 9.18 Å². The van der Waals surface area contributed by atoms with Gasteiger partial charge in [-0.15, -0.1) is 0 Å². The van der Waals surface area contributed by atoms with Crippen molar-refractivity contribution >= 4 is 5.91 Å². The van der Waals surface area contributed by atoms with Crippen LogP contribution in [0.2, 0.25) is 0 Å². The molecule has 0 saturated carbocycles. The lowest BCUT2D eigenvalue weighted by atomic mass is 9.79. The van der Waals surface area contributed by atoms with Crippen LogP contribution in [0.4, 0.5) is 4.39 Å². The molecule has 0 spiro atoms. The molecule has 0 radical (unpaired) electrons. The predicted octanol–water partition coefficient (Wildman–Crippen LogP) is 3.42. The first-order valence-electron chi connectivity index (χ1n) is 8.68. The minimum absolute atomic E-state index is 0.146. The molecule has 4 heterocycles. The molecule has 1 aromatic carbocycles. The average Bonchev–Trinajstić information content (AvgIpc) is 3.07. The molecule has 2 aromatic rings. The molecule has 2 atom stereocenters. The van der Waals surface area contributed by atoms with Crippen molar-refractivity contribution in [1.29, 1.82) is 0 Å². The Morgan fingerprint density at radius 1 is 1.28 bits per heavy atom. The third kappa shape index (κ3) is 3.26. The number of piperidine rings is 3. The number of amides is 1. The Balaban J connectivity index is 1.42. The van der Waals surface area contributed by atoms with Crippen molar-refractivity contribution in [1.82, 2.24) is 10.2 Å². The van der Waals surface area contributed by atoms with Gasteiger partial charge in [0.1, 0.15) is 11.6 Å². The molecule has 3 aliphatic rings. The molecule has 1 aromatic heterocycles. The summed E-state index contributed by atoms with van der Waals surface area (Å²) >= 11 is 0. The van der Waals surface area contributed by atoms with Crippen molar-refractivity contribution in [2.45, 2.75) is 31.8 Å². The van der Waals surface area contributed by atoms with Gasteiger partial charge < -0.3 is 14.5 Å². The van der Waals surface area contributed by atoms with Crippen molar-refractivity contribution in [3.63, 3.8) is 0 Å². The number of nitrogens with zero attached hydrogens (tertiary/aromatic N) is 1. The zero-order chi connectivity index (χ0) is 17.4. The summed E-state index contributed by atoms with van der Waals surface area (Å²) in [6.45, 7) is 4.39. The topological polar surface area (TPSA) is 54.7 Å². The van der Waals surface area contributed by atoms with E-state index in [0.717, 1.165) is 25.9 Å². The summed E-state index contributed by atoms with van der Waals surface area (Å²) in [4.78, 5) is 14.9. The molecule has 0 unspecified atom stereocenters. The van der Waals surface area contributed by atoms with Gasteiger partial charge in [0.25, 0.3) is 11.9 Å². The van der Waals surface area contributed by atoms with Crippen LogP contribution in [0, 0.1) is 11.7 Å². The van der Waals surface area contributed by atoms with Crippen LogP contribution in [0.5, 0.6) is 11.7 Å². The number of benzene rings is 1. The first-order valence-corrected chi connectivity index (χ1v) is 8.68. The van der Waals surface area contributed by atoms with Gasteiger partial charge in [-0.2, -0.15) is 0 Å². The van der Waals surface area contributed by atoms with E-state index in [0.29, 0.717) is 17.7 Å². The third-order valence-electron chi connectivity index (χ3n) is 5.30. The van der Waals surface area contributed by atoms with Crippen LogP contribution in [0.1, 0.15) is 30.3 Å². The van der Waals surface area contributed by atoms with Gasteiger partial charge in [-0.3, -0.25) is 9.69 Å². The van der Waals surface area contributed by atoms with E-state index in [1.165, 1.54) is 12.1 Å². The van der Waals surface area contributed by atoms with Crippen molar-refractivity contribution in [3.05, 3.63) is 48.0 Å². The Morgan fingerprint density at radius 3 is 2.80 bits per heavy atom. The van der Waals surface area contributed by atoms with Gasteiger partial charge in [-0.1, -0.05) is 6.07 Å². The molecule has 132 valence electrons. The number of carbonyl (C=O) groups excluding carboxylic acids is 1. The van der Waals surface area contributed by atoms with Crippen LogP contribution in [-0.2, 0) is 0 Å². The molecule has 5 nitrogen and oxygen atoms in total. The second kappa shape index (κ2) is 6.52.